The maximum absolute atomic E-state index is 12.4. The van der Waals surface area contributed by atoms with E-state index in [1.54, 1.807) is 35.6 Å². The molecule has 2 heterocycles. The highest BCUT2D eigenvalue weighted by Gasteiger charge is 2.25. The number of thiophene rings is 1. The number of carbonyl (C=O) groups excluding carboxylic acids is 1. The number of nitrogens with one attached hydrogen (secondary N) is 1. The van der Waals surface area contributed by atoms with E-state index in [0.717, 1.165) is 25.2 Å². The third kappa shape index (κ3) is 4.93. The summed E-state index contributed by atoms with van der Waals surface area (Å²) in [5.74, 6) is -0.188. The van der Waals surface area contributed by atoms with Gasteiger partial charge in [0.25, 0.3) is 0 Å². The SMILES string of the molecule is Cc1ccc(S(=O)(=O)CCC(=O)N2CC[NH+](Cc3ccsc3)CC2)cc1. The van der Waals surface area contributed by atoms with E-state index in [0.29, 0.717) is 18.0 Å². The van der Waals surface area contributed by atoms with E-state index < -0.39 is 9.84 Å². The van der Waals surface area contributed by atoms with Crippen molar-refractivity contribution in [1.29, 1.82) is 0 Å². The van der Waals surface area contributed by atoms with Gasteiger partial charge in [-0.15, -0.1) is 0 Å². The second-order valence-electron chi connectivity index (χ2n) is 6.82. The lowest BCUT2D eigenvalue weighted by Crippen LogP contribution is -3.13. The number of sulfone groups is 1. The first kappa shape index (κ1) is 19.1. The zero-order valence-electron chi connectivity index (χ0n) is 15.0. The van der Waals surface area contributed by atoms with Crippen molar-refractivity contribution >= 4 is 27.1 Å². The number of rotatable bonds is 6. The molecule has 0 saturated carbocycles. The maximum Gasteiger partial charge on any atom is 0.224 e. The summed E-state index contributed by atoms with van der Waals surface area (Å²) in [5.41, 5.74) is 2.36. The molecule has 0 aliphatic carbocycles. The molecule has 26 heavy (non-hydrogen) atoms. The van der Waals surface area contributed by atoms with Gasteiger partial charge in [0.15, 0.2) is 9.84 Å². The molecule has 0 radical (unpaired) electrons. The fourth-order valence-electron chi connectivity index (χ4n) is 3.17. The Morgan fingerprint density at radius 3 is 2.46 bits per heavy atom. The molecule has 1 amide bonds. The van der Waals surface area contributed by atoms with E-state index in [-0.39, 0.29) is 18.1 Å². The molecule has 5 nitrogen and oxygen atoms in total. The van der Waals surface area contributed by atoms with Crippen molar-refractivity contribution in [1.82, 2.24) is 4.90 Å². The summed E-state index contributed by atoms with van der Waals surface area (Å²) in [4.78, 5) is 16.0. The molecule has 0 bridgehead atoms. The van der Waals surface area contributed by atoms with Crippen LogP contribution in [0.25, 0.3) is 0 Å². The Balaban J connectivity index is 1.47. The number of benzene rings is 1. The summed E-state index contributed by atoms with van der Waals surface area (Å²) in [5, 5.41) is 4.25. The van der Waals surface area contributed by atoms with Crippen LogP contribution >= 0.6 is 11.3 Å². The first-order valence-corrected chi connectivity index (χ1v) is 11.5. The molecule has 1 aromatic heterocycles. The predicted octanol–water partition coefficient (Wildman–Crippen LogP) is 1.15. The van der Waals surface area contributed by atoms with Crippen molar-refractivity contribution in [3.05, 3.63) is 52.2 Å². The average Bonchev–Trinajstić information content (AvgIpc) is 3.14. The third-order valence-corrected chi connectivity index (χ3v) is 7.29. The lowest BCUT2D eigenvalue weighted by molar-refractivity contribution is -0.917. The highest BCUT2D eigenvalue weighted by atomic mass is 32.2. The molecule has 0 unspecified atom stereocenters. The average molecular weight is 394 g/mol. The molecule has 1 aliphatic heterocycles. The summed E-state index contributed by atoms with van der Waals surface area (Å²) in [6, 6.07) is 8.93. The summed E-state index contributed by atoms with van der Waals surface area (Å²) in [7, 11) is -3.41. The topological polar surface area (TPSA) is 58.9 Å². The van der Waals surface area contributed by atoms with Crippen molar-refractivity contribution < 1.29 is 18.1 Å². The second kappa shape index (κ2) is 8.33. The lowest BCUT2D eigenvalue weighted by atomic mass is 10.2. The molecular formula is C19H25N2O3S2+. The Labute approximate surface area is 159 Å². The summed E-state index contributed by atoms with van der Waals surface area (Å²) in [6.07, 6.45) is 0.0517. The number of nitrogens with zero attached hydrogens (tertiary/aromatic N) is 1. The van der Waals surface area contributed by atoms with Crippen LogP contribution < -0.4 is 4.90 Å². The standard InChI is InChI=1S/C19H24N2O3S2/c1-16-2-4-18(5-3-16)26(23,24)13-7-19(22)21-10-8-20(9-11-21)14-17-6-12-25-15-17/h2-6,12,15H,7-11,13-14H2,1H3/p+1. The minimum atomic E-state index is -3.41. The third-order valence-electron chi connectivity index (χ3n) is 4.82. The minimum Gasteiger partial charge on any atom is -0.331 e. The summed E-state index contributed by atoms with van der Waals surface area (Å²) < 4.78 is 24.8. The Morgan fingerprint density at radius 1 is 1.15 bits per heavy atom. The Bertz CT molecular complexity index is 822. The Morgan fingerprint density at radius 2 is 1.85 bits per heavy atom. The number of quaternary nitrogens is 1. The van der Waals surface area contributed by atoms with Crippen LogP contribution in [0.2, 0.25) is 0 Å². The van der Waals surface area contributed by atoms with Crippen molar-refractivity contribution in [2.45, 2.75) is 24.8 Å². The first-order chi connectivity index (χ1) is 12.4. The van der Waals surface area contributed by atoms with Crippen LogP contribution in [-0.4, -0.2) is 51.2 Å². The molecule has 0 spiro atoms. The second-order valence-corrected chi connectivity index (χ2v) is 9.71. The molecule has 1 aliphatic rings. The highest BCUT2D eigenvalue weighted by molar-refractivity contribution is 7.91. The molecule has 1 N–H and O–H groups in total. The van der Waals surface area contributed by atoms with Gasteiger partial charge in [-0.25, -0.2) is 8.42 Å². The van der Waals surface area contributed by atoms with Gasteiger partial charge < -0.3 is 9.80 Å². The molecule has 1 aromatic carbocycles. The fraction of sp³-hybridized carbons (Fsp3) is 0.421. The van der Waals surface area contributed by atoms with E-state index in [4.69, 9.17) is 0 Å². The lowest BCUT2D eigenvalue weighted by Gasteiger charge is -2.32. The van der Waals surface area contributed by atoms with E-state index in [9.17, 15) is 13.2 Å². The van der Waals surface area contributed by atoms with Gasteiger partial charge in [-0.05, 0) is 35.9 Å². The van der Waals surface area contributed by atoms with Crippen LogP contribution in [0.4, 0.5) is 0 Å². The first-order valence-electron chi connectivity index (χ1n) is 8.86. The van der Waals surface area contributed by atoms with E-state index in [1.165, 1.54) is 10.5 Å². The van der Waals surface area contributed by atoms with E-state index in [2.05, 4.69) is 16.8 Å². The number of aryl methyl sites for hydroxylation is 1. The maximum atomic E-state index is 12.4. The molecule has 140 valence electrons. The fourth-order valence-corrected chi connectivity index (χ4v) is 5.07. The van der Waals surface area contributed by atoms with Crippen molar-refractivity contribution in [3.63, 3.8) is 0 Å². The number of carbonyl (C=O) groups is 1. The van der Waals surface area contributed by atoms with Crippen molar-refractivity contribution in [2.24, 2.45) is 0 Å². The van der Waals surface area contributed by atoms with Gasteiger partial charge in [-0.3, -0.25) is 4.79 Å². The predicted molar refractivity (Wildman–Crippen MR) is 103 cm³/mol. The molecule has 2 aromatic rings. The molecule has 1 fully saturated rings. The zero-order valence-corrected chi connectivity index (χ0v) is 16.6. The molecule has 7 heteroatoms. The Kier molecular flexibility index (Phi) is 6.11. The van der Waals surface area contributed by atoms with Gasteiger partial charge >= 0.3 is 0 Å². The molecule has 1 saturated heterocycles. The van der Waals surface area contributed by atoms with E-state index in [1.807, 2.05) is 11.8 Å². The van der Waals surface area contributed by atoms with Crippen LogP contribution in [0.3, 0.4) is 0 Å². The quantitative estimate of drug-likeness (QED) is 0.801. The van der Waals surface area contributed by atoms with Crippen LogP contribution in [0.1, 0.15) is 17.5 Å². The van der Waals surface area contributed by atoms with E-state index >= 15 is 0 Å². The summed E-state index contributed by atoms with van der Waals surface area (Å²) in [6.45, 7) is 6.12. The zero-order chi connectivity index (χ0) is 18.6. The normalized spacial score (nSPS) is 16.0. The number of amides is 1. The van der Waals surface area contributed by atoms with Gasteiger partial charge in [0.1, 0.15) is 6.54 Å². The van der Waals surface area contributed by atoms with Gasteiger partial charge in [0.05, 0.1) is 36.8 Å². The van der Waals surface area contributed by atoms with Crippen molar-refractivity contribution in [2.75, 3.05) is 31.9 Å². The van der Waals surface area contributed by atoms with Gasteiger partial charge in [-0.2, -0.15) is 11.3 Å². The smallest absolute Gasteiger partial charge is 0.224 e. The van der Waals surface area contributed by atoms with Gasteiger partial charge in [0, 0.05) is 12.0 Å². The van der Waals surface area contributed by atoms with Crippen LogP contribution in [0, 0.1) is 6.92 Å². The van der Waals surface area contributed by atoms with Crippen LogP contribution in [-0.2, 0) is 21.2 Å². The number of hydrogen-bond donors (Lipinski definition) is 1. The van der Waals surface area contributed by atoms with Crippen molar-refractivity contribution in [3.8, 4) is 0 Å². The molecule has 3 rings (SSSR count). The van der Waals surface area contributed by atoms with Gasteiger partial charge in [-0.1, -0.05) is 17.7 Å². The van der Waals surface area contributed by atoms with Gasteiger partial charge in [0.2, 0.25) is 5.91 Å². The number of piperazine rings is 1. The summed E-state index contributed by atoms with van der Waals surface area (Å²) >= 11 is 1.71. The molecular weight excluding hydrogens is 368 g/mol. The largest absolute Gasteiger partial charge is 0.331 e. The highest BCUT2D eigenvalue weighted by Crippen LogP contribution is 2.13. The molecule has 0 atom stereocenters. The van der Waals surface area contributed by atoms with Crippen LogP contribution in [0.5, 0.6) is 0 Å². The minimum absolute atomic E-state index is 0.0517. The van der Waals surface area contributed by atoms with Crippen LogP contribution in [0.15, 0.2) is 46.0 Å². The Hall–Kier alpha value is -1.70. The monoisotopic (exact) mass is 393 g/mol. The number of hydrogen-bond acceptors (Lipinski definition) is 4.